The van der Waals surface area contributed by atoms with Gasteiger partial charge in [0.05, 0.1) is 12.1 Å². The van der Waals surface area contributed by atoms with E-state index in [1.165, 1.54) is 0 Å². The largest absolute Gasteiger partial charge is 0.471 e. The molecule has 1 atom stereocenters. The van der Waals surface area contributed by atoms with Gasteiger partial charge in [-0.2, -0.15) is 0 Å². The van der Waals surface area contributed by atoms with Crippen LogP contribution < -0.4 is 15.4 Å². The number of pyridine rings is 1. The fourth-order valence-electron chi connectivity index (χ4n) is 2.70. The third kappa shape index (κ3) is 2.26. The zero-order valence-electron chi connectivity index (χ0n) is 12.3. The monoisotopic (exact) mass is 311 g/mol. The molecule has 0 aliphatic carbocycles. The van der Waals surface area contributed by atoms with E-state index in [2.05, 4.69) is 9.97 Å². The van der Waals surface area contributed by atoms with Gasteiger partial charge in [-0.1, -0.05) is 0 Å². The second-order valence-electron chi connectivity index (χ2n) is 5.40. The maximum absolute atomic E-state index is 12.9. The Kier molecular flexibility index (Phi) is 2.94. The Hall–Kier alpha value is -3.09. The van der Waals surface area contributed by atoms with Crippen molar-refractivity contribution < 1.29 is 13.9 Å². The summed E-state index contributed by atoms with van der Waals surface area (Å²) >= 11 is 0. The predicted molar refractivity (Wildman–Crippen MR) is 82.8 cm³/mol. The molecule has 23 heavy (non-hydrogen) atoms. The summed E-state index contributed by atoms with van der Waals surface area (Å²) in [6, 6.07) is 8.41. The Labute approximate surface area is 130 Å². The van der Waals surface area contributed by atoms with Gasteiger partial charge in [0.25, 0.3) is 5.91 Å². The Bertz CT molecular complexity index is 959. The van der Waals surface area contributed by atoms with Crippen LogP contribution in [0, 0.1) is 0 Å². The average molecular weight is 311 g/mol. The first-order chi connectivity index (χ1) is 11.1. The number of fused-ring (bicyclic) bond motifs is 2. The van der Waals surface area contributed by atoms with Crippen molar-refractivity contribution in [2.24, 2.45) is 0 Å². The molecule has 1 unspecified atom stereocenters. The van der Waals surface area contributed by atoms with E-state index < -0.39 is 5.76 Å². The Morgan fingerprint density at radius 3 is 3.13 bits per heavy atom. The van der Waals surface area contributed by atoms with Gasteiger partial charge >= 0.3 is 5.76 Å². The Balaban J connectivity index is 1.77. The number of ether oxygens (including phenoxy) is 1. The van der Waals surface area contributed by atoms with Crippen molar-refractivity contribution in [3.63, 3.8) is 0 Å². The molecule has 3 heterocycles. The number of nitrogens with one attached hydrogen (secondary N) is 1. The molecule has 2 aromatic heterocycles. The zero-order valence-corrected chi connectivity index (χ0v) is 12.3. The molecule has 4 rings (SSSR count). The molecule has 1 aromatic carbocycles. The van der Waals surface area contributed by atoms with E-state index in [0.717, 1.165) is 0 Å². The van der Waals surface area contributed by atoms with Crippen molar-refractivity contribution in [1.29, 1.82) is 0 Å². The molecule has 0 saturated heterocycles. The first kappa shape index (κ1) is 13.6. The molecule has 1 N–H and O–H groups in total. The van der Waals surface area contributed by atoms with Crippen LogP contribution in [0.5, 0.6) is 5.88 Å². The highest BCUT2D eigenvalue weighted by Gasteiger charge is 2.29. The second-order valence-corrected chi connectivity index (χ2v) is 5.40. The van der Waals surface area contributed by atoms with E-state index in [0.29, 0.717) is 34.8 Å². The molecule has 0 spiro atoms. The third-order valence-electron chi connectivity index (χ3n) is 3.71. The van der Waals surface area contributed by atoms with Crippen LogP contribution in [-0.2, 0) is 0 Å². The highest BCUT2D eigenvalue weighted by molar-refractivity contribution is 6.08. The van der Waals surface area contributed by atoms with Gasteiger partial charge in [0, 0.05) is 11.8 Å². The minimum absolute atomic E-state index is 0.154. The molecule has 1 amide bonds. The number of carbonyl (C=O) groups excluding carboxylic acids is 1. The van der Waals surface area contributed by atoms with Crippen molar-refractivity contribution in [2.75, 3.05) is 11.4 Å². The van der Waals surface area contributed by atoms with Crippen molar-refractivity contribution in [3.05, 3.63) is 52.6 Å². The molecule has 0 bridgehead atoms. The lowest BCUT2D eigenvalue weighted by Crippen LogP contribution is -2.42. The van der Waals surface area contributed by atoms with Gasteiger partial charge in [-0.05, 0) is 37.3 Å². The number of hydrogen-bond acceptors (Lipinski definition) is 5. The fourth-order valence-corrected chi connectivity index (χ4v) is 2.70. The summed E-state index contributed by atoms with van der Waals surface area (Å²) in [5, 5.41) is 0. The maximum atomic E-state index is 12.9. The van der Waals surface area contributed by atoms with Crippen LogP contribution in [0.3, 0.4) is 0 Å². The van der Waals surface area contributed by atoms with Crippen LogP contribution in [0.4, 0.5) is 5.69 Å². The maximum Gasteiger partial charge on any atom is 0.417 e. The number of amides is 1. The van der Waals surface area contributed by atoms with Gasteiger partial charge in [0.15, 0.2) is 5.58 Å². The van der Waals surface area contributed by atoms with E-state index >= 15 is 0 Å². The first-order valence-corrected chi connectivity index (χ1v) is 7.18. The second kappa shape index (κ2) is 4.98. The molecule has 1 aliphatic rings. The number of H-pyrrole nitrogens is 1. The van der Waals surface area contributed by atoms with Crippen LogP contribution in [0.2, 0.25) is 0 Å². The summed E-state index contributed by atoms with van der Waals surface area (Å²) in [4.78, 5) is 32.5. The SMILES string of the molecule is CC1CN(C(=O)c2ccc3oc(=O)[nH]c3c2)c2cccnc2O1. The molecule has 116 valence electrons. The first-order valence-electron chi connectivity index (χ1n) is 7.18. The summed E-state index contributed by atoms with van der Waals surface area (Å²) in [5.41, 5.74) is 2.01. The van der Waals surface area contributed by atoms with Gasteiger partial charge < -0.3 is 9.15 Å². The number of aromatic nitrogens is 2. The number of nitrogens with zero attached hydrogens (tertiary/aromatic N) is 2. The standard InChI is InChI=1S/C16H13N3O4/c1-9-8-19(12-3-2-6-17-14(12)22-9)15(20)10-4-5-13-11(7-10)18-16(21)23-13/h2-7,9H,8H2,1H3,(H,18,21). The molecule has 0 radical (unpaired) electrons. The van der Waals surface area contributed by atoms with E-state index in [1.807, 2.05) is 6.92 Å². The Morgan fingerprint density at radius 2 is 2.26 bits per heavy atom. The summed E-state index contributed by atoms with van der Waals surface area (Å²) < 4.78 is 10.6. The quantitative estimate of drug-likeness (QED) is 0.742. The summed E-state index contributed by atoms with van der Waals surface area (Å²) in [5.74, 6) is -0.283. The molecular formula is C16H13N3O4. The molecule has 7 nitrogen and oxygen atoms in total. The topological polar surface area (TPSA) is 88.4 Å². The number of hydrogen-bond donors (Lipinski definition) is 1. The van der Waals surface area contributed by atoms with Crippen LogP contribution in [0.15, 0.2) is 45.7 Å². The van der Waals surface area contributed by atoms with Gasteiger partial charge in [-0.3, -0.25) is 14.7 Å². The van der Waals surface area contributed by atoms with Crippen molar-refractivity contribution in [2.45, 2.75) is 13.0 Å². The Morgan fingerprint density at radius 1 is 1.39 bits per heavy atom. The fraction of sp³-hybridized carbons (Fsp3) is 0.188. The normalized spacial score (nSPS) is 16.9. The van der Waals surface area contributed by atoms with E-state index in [-0.39, 0.29) is 12.0 Å². The minimum Gasteiger partial charge on any atom is -0.471 e. The number of carbonyl (C=O) groups is 1. The molecule has 3 aromatic rings. The van der Waals surface area contributed by atoms with E-state index in [4.69, 9.17) is 9.15 Å². The third-order valence-corrected chi connectivity index (χ3v) is 3.71. The number of oxazole rings is 1. The molecule has 7 heteroatoms. The lowest BCUT2D eigenvalue weighted by molar-refractivity contribution is 0.0958. The van der Waals surface area contributed by atoms with Crippen LogP contribution in [0.1, 0.15) is 17.3 Å². The number of aromatic amines is 1. The highest BCUT2D eigenvalue weighted by Crippen LogP contribution is 2.32. The van der Waals surface area contributed by atoms with Crippen molar-refractivity contribution in [1.82, 2.24) is 9.97 Å². The van der Waals surface area contributed by atoms with Crippen LogP contribution in [-0.4, -0.2) is 28.5 Å². The van der Waals surface area contributed by atoms with E-state index in [1.54, 1.807) is 41.4 Å². The predicted octanol–water partition coefficient (Wildman–Crippen LogP) is 1.94. The van der Waals surface area contributed by atoms with E-state index in [9.17, 15) is 9.59 Å². The smallest absolute Gasteiger partial charge is 0.417 e. The number of rotatable bonds is 1. The summed E-state index contributed by atoms with van der Waals surface area (Å²) in [6.45, 7) is 2.31. The number of benzene rings is 1. The number of anilines is 1. The van der Waals surface area contributed by atoms with Gasteiger partial charge in [-0.25, -0.2) is 9.78 Å². The molecule has 1 aliphatic heterocycles. The molecular weight excluding hydrogens is 298 g/mol. The lowest BCUT2D eigenvalue weighted by Gasteiger charge is -2.32. The highest BCUT2D eigenvalue weighted by atomic mass is 16.5. The van der Waals surface area contributed by atoms with Crippen LogP contribution >= 0.6 is 0 Å². The molecule has 0 fully saturated rings. The summed E-state index contributed by atoms with van der Waals surface area (Å²) in [6.07, 6.45) is 1.47. The zero-order chi connectivity index (χ0) is 16.0. The van der Waals surface area contributed by atoms with Crippen molar-refractivity contribution in [3.8, 4) is 5.88 Å². The lowest BCUT2D eigenvalue weighted by atomic mass is 10.1. The van der Waals surface area contributed by atoms with Crippen LogP contribution in [0.25, 0.3) is 11.1 Å². The average Bonchev–Trinajstić information content (AvgIpc) is 2.92. The van der Waals surface area contributed by atoms with Gasteiger partial charge in [0.2, 0.25) is 5.88 Å². The minimum atomic E-state index is -0.542. The van der Waals surface area contributed by atoms with Crippen molar-refractivity contribution >= 4 is 22.7 Å². The molecule has 0 saturated carbocycles. The van der Waals surface area contributed by atoms with Gasteiger partial charge in [0.1, 0.15) is 11.8 Å². The van der Waals surface area contributed by atoms with Gasteiger partial charge in [-0.15, -0.1) is 0 Å². The summed E-state index contributed by atoms with van der Waals surface area (Å²) in [7, 11) is 0.